The lowest BCUT2D eigenvalue weighted by atomic mass is 10.1. The summed E-state index contributed by atoms with van der Waals surface area (Å²) in [6.07, 6.45) is -2.76. The quantitative estimate of drug-likeness (QED) is 0.154. The second kappa shape index (κ2) is 11.5. The summed E-state index contributed by atoms with van der Waals surface area (Å²) >= 11 is 0. The van der Waals surface area contributed by atoms with E-state index in [0.29, 0.717) is 0 Å². The molecule has 0 aromatic rings. The Morgan fingerprint density at radius 1 is 0.929 bits per heavy atom. The molecule has 0 radical (unpaired) electrons. The Morgan fingerprint density at radius 2 is 1.50 bits per heavy atom. The number of hydrogen-bond donors (Lipinski definition) is 8. The maximum absolute atomic E-state index is 12.1. The van der Waals surface area contributed by atoms with Crippen molar-refractivity contribution in [3.63, 3.8) is 0 Å². The molecule has 0 heterocycles. The van der Waals surface area contributed by atoms with E-state index in [1.807, 2.05) is 10.6 Å². The van der Waals surface area contributed by atoms with Crippen LogP contribution in [-0.2, 0) is 28.8 Å². The van der Waals surface area contributed by atoms with Crippen molar-refractivity contribution >= 4 is 35.6 Å². The van der Waals surface area contributed by atoms with E-state index in [1.165, 1.54) is 6.92 Å². The molecule has 0 saturated carbocycles. The van der Waals surface area contributed by atoms with Gasteiger partial charge in [-0.05, 0) is 6.92 Å². The molecule has 0 aromatic carbocycles. The second-order valence-electron chi connectivity index (χ2n) is 5.77. The number of carboxylic acids is 2. The monoisotopic (exact) mass is 405 g/mol. The first-order valence-electron chi connectivity index (χ1n) is 7.89. The average molecular weight is 405 g/mol. The highest BCUT2D eigenvalue weighted by Gasteiger charge is 2.28. The van der Waals surface area contributed by atoms with Gasteiger partial charge in [-0.25, -0.2) is 4.79 Å². The third-order valence-corrected chi connectivity index (χ3v) is 3.30. The van der Waals surface area contributed by atoms with Gasteiger partial charge in [0.1, 0.15) is 18.1 Å². The zero-order chi connectivity index (χ0) is 22.0. The number of carbonyl (C=O) groups excluding carboxylic acids is 4. The van der Waals surface area contributed by atoms with E-state index >= 15 is 0 Å². The number of primary amides is 1. The van der Waals surface area contributed by atoms with Gasteiger partial charge < -0.3 is 42.7 Å². The summed E-state index contributed by atoms with van der Waals surface area (Å²) in [6, 6.07) is -4.61. The molecule has 14 heteroatoms. The molecule has 0 aromatic heterocycles. The van der Waals surface area contributed by atoms with Crippen LogP contribution < -0.4 is 27.4 Å². The number of aliphatic hydroxyl groups excluding tert-OH is 1. The molecule has 0 rings (SSSR count). The van der Waals surface area contributed by atoms with Crippen molar-refractivity contribution in [2.24, 2.45) is 11.5 Å². The van der Waals surface area contributed by atoms with Crippen LogP contribution in [0, 0.1) is 0 Å². The molecule has 14 nitrogen and oxygen atoms in total. The van der Waals surface area contributed by atoms with Crippen molar-refractivity contribution < 1.29 is 44.1 Å². The van der Waals surface area contributed by atoms with Crippen molar-refractivity contribution in [1.29, 1.82) is 0 Å². The van der Waals surface area contributed by atoms with Crippen molar-refractivity contribution in [1.82, 2.24) is 16.0 Å². The van der Waals surface area contributed by atoms with Gasteiger partial charge in [0.2, 0.25) is 23.6 Å². The molecule has 28 heavy (non-hydrogen) atoms. The first kappa shape index (κ1) is 24.7. The lowest BCUT2D eigenvalue weighted by molar-refractivity contribution is -0.147. The Hall–Kier alpha value is -3.26. The number of rotatable bonds is 12. The first-order chi connectivity index (χ1) is 12.8. The molecular formula is C14H23N5O9. The highest BCUT2D eigenvalue weighted by Crippen LogP contribution is 1.97. The van der Waals surface area contributed by atoms with Crippen LogP contribution in [0.5, 0.6) is 0 Å². The highest BCUT2D eigenvalue weighted by molar-refractivity contribution is 5.95. The third kappa shape index (κ3) is 9.44. The summed E-state index contributed by atoms with van der Waals surface area (Å²) in [4.78, 5) is 68.1. The number of carboxylic acid groups (broad SMARTS) is 2. The van der Waals surface area contributed by atoms with Gasteiger partial charge in [0.05, 0.1) is 25.5 Å². The molecule has 0 fully saturated rings. The van der Waals surface area contributed by atoms with Gasteiger partial charge in [0.15, 0.2) is 0 Å². The van der Waals surface area contributed by atoms with Gasteiger partial charge in [-0.1, -0.05) is 0 Å². The SMILES string of the molecule is CC(O)C(N)C(=O)NC(CC(N)=O)C(=O)NCC(=O)NC(CC(=O)O)C(=O)O. The minimum atomic E-state index is -1.72. The Bertz CT molecular complexity index is 637. The first-order valence-corrected chi connectivity index (χ1v) is 7.89. The molecule has 0 aliphatic carbocycles. The highest BCUT2D eigenvalue weighted by atomic mass is 16.4. The van der Waals surface area contributed by atoms with Gasteiger partial charge in [0.25, 0.3) is 0 Å². The summed E-state index contributed by atoms with van der Waals surface area (Å²) in [5.74, 6) is -6.99. The lowest BCUT2D eigenvalue weighted by Crippen LogP contribution is -2.56. The number of carbonyl (C=O) groups is 6. The van der Waals surface area contributed by atoms with E-state index in [0.717, 1.165) is 0 Å². The number of amides is 4. The fourth-order valence-corrected chi connectivity index (χ4v) is 1.81. The van der Waals surface area contributed by atoms with Crippen LogP contribution in [0.1, 0.15) is 19.8 Å². The molecule has 0 saturated heterocycles. The van der Waals surface area contributed by atoms with E-state index < -0.39 is 79.2 Å². The van der Waals surface area contributed by atoms with Crippen LogP contribution in [0.4, 0.5) is 0 Å². The van der Waals surface area contributed by atoms with E-state index in [1.54, 1.807) is 0 Å². The number of aliphatic carboxylic acids is 2. The van der Waals surface area contributed by atoms with Crippen molar-refractivity contribution in [2.45, 2.75) is 44.0 Å². The van der Waals surface area contributed by atoms with E-state index in [9.17, 15) is 33.9 Å². The summed E-state index contributed by atoms with van der Waals surface area (Å²) in [5.41, 5.74) is 10.4. The minimum absolute atomic E-state index is 0.636. The molecule has 158 valence electrons. The molecule has 0 spiro atoms. The van der Waals surface area contributed by atoms with Crippen molar-refractivity contribution in [3.8, 4) is 0 Å². The maximum Gasteiger partial charge on any atom is 0.326 e. The summed E-state index contributed by atoms with van der Waals surface area (Å²) in [7, 11) is 0. The minimum Gasteiger partial charge on any atom is -0.481 e. The molecule has 4 unspecified atom stereocenters. The third-order valence-electron chi connectivity index (χ3n) is 3.30. The van der Waals surface area contributed by atoms with Gasteiger partial charge in [-0.15, -0.1) is 0 Å². The summed E-state index contributed by atoms with van der Waals surface area (Å²) in [6.45, 7) is 0.462. The van der Waals surface area contributed by atoms with Crippen LogP contribution in [-0.4, -0.2) is 81.7 Å². The lowest BCUT2D eigenvalue weighted by Gasteiger charge is -2.21. The molecule has 0 aliphatic rings. The number of nitrogens with one attached hydrogen (secondary N) is 3. The topological polar surface area (TPSA) is 251 Å². The summed E-state index contributed by atoms with van der Waals surface area (Å²) < 4.78 is 0. The van der Waals surface area contributed by atoms with E-state index in [4.69, 9.17) is 21.7 Å². The Kier molecular flexibility index (Phi) is 10.1. The Morgan fingerprint density at radius 3 is 1.93 bits per heavy atom. The molecule has 4 amide bonds. The Labute approximate surface area is 158 Å². The predicted octanol–water partition coefficient (Wildman–Crippen LogP) is -4.78. The zero-order valence-electron chi connectivity index (χ0n) is 14.9. The largest absolute Gasteiger partial charge is 0.481 e. The van der Waals surface area contributed by atoms with Gasteiger partial charge in [0, 0.05) is 0 Å². The average Bonchev–Trinajstić information content (AvgIpc) is 2.56. The van der Waals surface area contributed by atoms with Crippen LogP contribution in [0.25, 0.3) is 0 Å². The van der Waals surface area contributed by atoms with Crippen molar-refractivity contribution in [2.75, 3.05) is 6.54 Å². The number of nitrogens with two attached hydrogens (primary N) is 2. The number of aliphatic hydroxyl groups is 1. The van der Waals surface area contributed by atoms with Gasteiger partial charge in [-0.3, -0.25) is 24.0 Å². The van der Waals surface area contributed by atoms with Crippen molar-refractivity contribution in [3.05, 3.63) is 0 Å². The molecule has 0 bridgehead atoms. The summed E-state index contributed by atoms with van der Waals surface area (Å²) in [5, 5.41) is 32.7. The molecule has 10 N–H and O–H groups in total. The van der Waals surface area contributed by atoms with E-state index in [2.05, 4.69) is 5.32 Å². The van der Waals surface area contributed by atoms with Crippen LogP contribution in [0.3, 0.4) is 0 Å². The second-order valence-corrected chi connectivity index (χ2v) is 5.77. The normalized spacial score (nSPS) is 14.7. The maximum atomic E-state index is 12.1. The predicted molar refractivity (Wildman–Crippen MR) is 90.2 cm³/mol. The number of hydrogen-bond acceptors (Lipinski definition) is 8. The standard InChI is InChI=1S/C14H23N5O9/c1-5(20)11(16)13(26)19-6(2-8(15)21)12(25)17-4-9(22)18-7(14(27)28)3-10(23)24/h5-7,11,20H,2-4,16H2,1H3,(H2,15,21)(H,17,25)(H,18,22)(H,19,26)(H,23,24)(H,27,28). The fourth-order valence-electron chi connectivity index (χ4n) is 1.81. The molecule has 4 atom stereocenters. The van der Waals surface area contributed by atoms with E-state index in [-0.39, 0.29) is 0 Å². The van der Waals surface area contributed by atoms with Crippen LogP contribution in [0.15, 0.2) is 0 Å². The molecule has 0 aliphatic heterocycles. The van der Waals surface area contributed by atoms with Gasteiger partial charge >= 0.3 is 11.9 Å². The Balaban J connectivity index is 4.87. The molecular weight excluding hydrogens is 382 g/mol. The fraction of sp³-hybridized carbons (Fsp3) is 0.571. The zero-order valence-corrected chi connectivity index (χ0v) is 14.9. The van der Waals surface area contributed by atoms with Gasteiger partial charge in [-0.2, -0.15) is 0 Å². The smallest absolute Gasteiger partial charge is 0.326 e. The van der Waals surface area contributed by atoms with Crippen LogP contribution in [0.2, 0.25) is 0 Å². The van der Waals surface area contributed by atoms with Crippen LogP contribution >= 0.6 is 0 Å².